The first-order valence-electron chi connectivity index (χ1n) is 5.27. The summed E-state index contributed by atoms with van der Waals surface area (Å²) in [7, 11) is 0. The van der Waals surface area contributed by atoms with Crippen molar-refractivity contribution in [2.75, 3.05) is 0 Å². The molecule has 0 unspecified atom stereocenters. The van der Waals surface area contributed by atoms with Crippen molar-refractivity contribution in [1.29, 1.82) is 0 Å². The van der Waals surface area contributed by atoms with E-state index in [2.05, 4.69) is 5.10 Å². The van der Waals surface area contributed by atoms with E-state index in [4.69, 9.17) is 11.6 Å². The minimum absolute atomic E-state index is 0.330. The molecule has 1 aromatic rings. The Morgan fingerprint density at radius 1 is 1.47 bits per heavy atom. The number of benzene rings is 1. The van der Waals surface area contributed by atoms with Crippen molar-refractivity contribution in [3.63, 3.8) is 0 Å². The van der Waals surface area contributed by atoms with E-state index in [9.17, 15) is 9.90 Å². The summed E-state index contributed by atoms with van der Waals surface area (Å²) < 4.78 is 0. The smallest absolute Gasteiger partial charge is 0.276 e. The van der Waals surface area contributed by atoms with E-state index in [0.717, 1.165) is 10.7 Å². The van der Waals surface area contributed by atoms with Crippen LogP contribution >= 0.6 is 11.6 Å². The zero-order chi connectivity index (χ0) is 12.6. The van der Waals surface area contributed by atoms with Gasteiger partial charge in [-0.3, -0.25) is 4.79 Å². The van der Waals surface area contributed by atoms with Crippen molar-refractivity contribution in [1.82, 2.24) is 5.01 Å². The summed E-state index contributed by atoms with van der Waals surface area (Å²) in [6, 6.07) is 6.50. The van der Waals surface area contributed by atoms with Gasteiger partial charge in [0.2, 0.25) is 0 Å². The van der Waals surface area contributed by atoms with E-state index in [1.165, 1.54) is 0 Å². The first-order valence-corrected chi connectivity index (χ1v) is 5.64. The van der Waals surface area contributed by atoms with E-state index >= 15 is 0 Å². The molecule has 1 heterocycles. The predicted octanol–water partition coefficient (Wildman–Crippen LogP) is 2.27. The maximum atomic E-state index is 12.1. The quantitative estimate of drug-likeness (QED) is 0.834. The second-order valence-electron chi connectivity index (χ2n) is 4.35. The monoisotopic (exact) mass is 252 g/mol. The van der Waals surface area contributed by atoms with Crippen LogP contribution in [-0.2, 0) is 0 Å². The van der Waals surface area contributed by atoms with E-state index in [0.29, 0.717) is 17.0 Å². The minimum Gasteiger partial charge on any atom is -0.369 e. The average Bonchev–Trinajstić information content (AvgIpc) is 2.52. The second kappa shape index (κ2) is 4.13. The largest absolute Gasteiger partial charge is 0.369 e. The highest BCUT2D eigenvalue weighted by Gasteiger charge is 2.39. The standard InChI is InChI=1S/C12H13ClN2O2/c1-8-7-12(2,17)15(14-8)11(16)9-3-5-10(13)6-4-9/h3-6,17H,7H2,1-2H3/t12-/m0/s1. The van der Waals surface area contributed by atoms with Crippen molar-refractivity contribution in [3.05, 3.63) is 34.9 Å². The van der Waals surface area contributed by atoms with Crippen LogP contribution in [0, 0.1) is 0 Å². The lowest BCUT2D eigenvalue weighted by atomic mass is 10.1. The molecule has 0 saturated carbocycles. The Kier molecular flexibility index (Phi) is 2.93. The van der Waals surface area contributed by atoms with Crippen molar-refractivity contribution < 1.29 is 9.90 Å². The zero-order valence-corrected chi connectivity index (χ0v) is 10.4. The topological polar surface area (TPSA) is 52.9 Å². The van der Waals surface area contributed by atoms with Crippen LogP contribution in [0.2, 0.25) is 5.02 Å². The van der Waals surface area contributed by atoms with Gasteiger partial charge in [-0.15, -0.1) is 0 Å². The molecule has 1 N–H and O–H groups in total. The molecule has 0 aliphatic carbocycles. The fraction of sp³-hybridized carbons (Fsp3) is 0.333. The molecule has 1 aliphatic rings. The van der Waals surface area contributed by atoms with E-state index < -0.39 is 5.72 Å². The third-order valence-corrected chi connectivity index (χ3v) is 2.85. The van der Waals surface area contributed by atoms with Crippen LogP contribution < -0.4 is 0 Å². The van der Waals surface area contributed by atoms with Crippen LogP contribution in [0.25, 0.3) is 0 Å². The Morgan fingerprint density at radius 2 is 2.06 bits per heavy atom. The van der Waals surface area contributed by atoms with E-state index in [-0.39, 0.29) is 5.91 Å². The van der Waals surface area contributed by atoms with Gasteiger partial charge in [0.15, 0.2) is 5.72 Å². The molecule has 0 radical (unpaired) electrons. The summed E-state index contributed by atoms with van der Waals surface area (Å²) in [5, 5.41) is 15.8. The van der Waals surface area contributed by atoms with Gasteiger partial charge >= 0.3 is 0 Å². The van der Waals surface area contributed by atoms with Crippen molar-refractivity contribution in [2.24, 2.45) is 5.10 Å². The molecular weight excluding hydrogens is 240 g/mol. The zero-order valence-electron chi connectivity index (χ0n) is 9.64. The molecule has 0 aromatic heterocycles. The van der Waals surface area contributed by atoms with Crippen molar-refractivity contribution >= 4 is 23.2 Å². The lowest BCUT2D eigenvalue weighted by Crippen LogP contribution is -2.43. The van der Waals surface area contributed by atoms with Crippen molar-refractivity contribution in [2.45, 2.75) is 26.0 Å². The summed E-state index contributed by atoms with van der Waals surface area (Å²) in [4.78, 5) is 12.1. The van der Waals surface area contributed by atoms with Gasteiger partial charge in [0, 0.05) is 22.7 Å². The lowest BCUT2D eigenvalue weighted by molar-refractivity contribution is -0.0553. The summed E-state index contributed by atoms with van der Waals surface area (Å²) in [5.41, 5.74) is -0.0636. The molecule has 1 atom stereocenters. The van der Waals surface area contributed by atoms with E-state index in [1.54, 1.807) is 38.1 Å². The molecule has 5 heteroatoms. The number of halogens is 1. The third-order valence-electron chi connectivity index (χ3n) is 2.60. The highest BCUT2D eigenvalue weighted by atomic mass is 35.5. The van der Waals surface area contributed by atoms with Gasteiger partial charge in [0.25, 0.3) is 5.91 Å². The number of carbonyl (C=O) groups is 1. The normalized spacial score (nSPS) is 23.8. The van der Waals surface area contributed by atoms with Crippen LogP contribution in [0.5, 0.6) is 0 Å². The van der Waals surface area contributed by atoms with Gasteiger partial charge in [0.05, 0.1) is 0 Å². The number of hydrazone groups is 1. The second-order valence-corrected chi connectivity index (χ2v) is 4.79. The first-order chi connectivity index (χ1) is 7.90. The Hall–Kier alpha value is -1.39. The van der Waals surface area contributed by atoms with E-state index in [1.807, 2.05) is 0 Å². The van der Waals surface area contributed by atoms with Crippen LogP contribution in [0.4, 0.5) is 0 Å². The molecule has 0 saturated heterocycles. The molecule has 4 nitrogen and oxygen atoms in total. The highest BCUT2D eigenvalue weighted by Crippen LogP contribution is 2.26. The van der Waals surface area contributed by atoms with Crippen molar-refractivity contribution in [3.8, 4) is 0 Å². The van der Waals surface area contributed by atoms with Gasteiger partial charge < -0.3 is 5.11 Å². The molecule has 0 fully saturated rings. The van der Waals surface area contributed by atoms with Crippen LogP contribution in [0.3, 0.4) is 0 Å². The molecule has 2 rings (SSSR count). The predicted molar refractivity (Wildman–Crippen MR) is 66.0 cm³/mol. The van der Waals surface area contributed by atoms with Gasteiger partial charge in [-0.25, -0.2) is 0 Å². The molecule has 0 spiro atoms. The Morgan fingerprint density at radius 3 is 2.53 bits per heavy atom. The van der Waals surface area contributed by atoms with Crippen LogP contribution in [0.15, 0.2) is 29.4 Å². The number of hydrogen-bond acceptors (Lipinski definition) is 3. The molecule has 1 aliphatic heterocycles. The molecule has 17 heavy (non-hydrogen) atoms. The van der Waals surface area contributed by atoms with Gasteiger partial charge in [-0.05, 0) is 38.1 Å². The van der Waals surface area contributed by atoms with Gasteiger partial charge in [0.1, 0.15) is 0 Å². The Labute approximate surface area is 104 Å². The summed E-state index contributed by atoms with van der Waals surface area (Å²) in [6.45, 7) is 3.35. The van der Waals surface area contributed by atoms with Crippen LogP contribution in [-0.4, -0.2) is 27.5 Å². The maximum Gasteiger partial charge on any atom is 0.276 e. The minimum atomic E-state index is -1.25. The number of nitrogens with zero attached hydrogens (tertiary/aromatic N) is 2. The fourth-order valence-electron chi connectivity index (χ4n) is 1.85. The number of hydrogen-bond donors (Lipinski definition) is 1. The molecule has 1 amide bonds. The lowest BCUT2D eigenvalue weighted by Gasteiger charge is -2.26. The van der Waals surface area contributed by atoms with Gasteiger partial charge in [-0.2, -0.15) is 10.1 Å². The molecule has 1 aromatic carbocycles. The molecular formula is C12H13ClN2O2. The highest BCUT2D eigenvalue weighted by molar-refractivity contribution is 6.30. The summed E-state index contributed by atoms with van der Waals surface area (Å²) in [6.07, 6.45) is 0.367. The maximum absolute atomic E-state index is 12.1. The Bertz CT molecular complexity index is 480. The fourth-order valence-corrected chi connectivity index (χ4v) is 1.98. The number of carbonyl (C=O) groups excluding carboxylic acids is 1. The SMILES string of the molecule is CC1=NN(C(=O)c2ccc(Cl)cc2)[C@@](C)(O)C1. The number of aliphatic hydroxyl groups is 1. The average molecular weight is 253 g/mol. The van der Waals surface area contributed by atoms with Crippen LogP contribution in [0.1, 0.15) is 30.6 Å². The number of amides is 1. The Balaban J connectivity index is 2.29. The summed E-state index contributed by atoms with van der Waals surface area (Å²) in [5.74, 6) is -0.330. The third kappa shape index (κ3) is 2.33. The first kappa shape index (κ1) is 12.1. The molecule has 90 valence electrons. The molecule has 0 bridgehead atoms. The number of rotatable bonds is 1. The van der Waals surface area contributed by atoms with Gasteiger partial charge in [-0.1, -0.05) is 11.6 Å². The summed E-state index contributed by atoms with van der Waals surface area (Å²) >= 11 is 5.75.